The lowest BCUT2D eigenvalue weighted by atomic mass is 10.00. The molecule has 0 aliphatic carbocycles. The van der Waals surface area contributed by atoms with Gasteiger partial charge in [-0.05, 0) is 44.0 Å². The fourth-order valence-electron chi connectivity index (χ4n) is 3.00. The zero-order valence-corrected chi connectivity index (χ0v) is 14.4. The van der Waals surface area contributed by atoms with Gasteiger partial charge in [-0.3, -0.25) is 14.5 Å². The Kier molecular flexibility index (Phi) is 4.29. The first-order chi connectivity index (χ1) is 11.5. The van der Waals surface area contributed by atoms with E-state index >= 15 is 0 Å². The minimum Gasteiger partial charge on any atom is -0.352 e. The number of nitrogens with zero attached hydrogens (tertiary/aromatic N) is 4. The highest BCUT2D eigenvalue weighted by Gasteiger charge is 2.14. The Balaban J connectivity index is 1.85. The first-order valence-corrected chi connectivity index (χ1v) is 7.95. The van der Waals surface area contributed by atoms with E-state index in [4.69, 9.17) is 0 Å². The molecule has 2 heterocycles. The summed E-state index contributed by atoms with van der Waals surface area (Å²) in [6.07, 6.45) is 2.16. The summed E-state index contributed by atoms with van der Waals surface area (Å²) < 4.78 is 1.71. The van der Waals surface area contributed by atoms with Crippen LogP contribution in [0.2, 0.25) is 0 Å². The van der Waals surface area contributed by atoms with E-state index in [9.17, 15) is 4.79 Å². The number of carbonyl (C=O) groups excluding carboxylic acids is 1. The summed E-state index contributed by atoms with van der Waals surface area (Å²) in [5.41, 5.74) is 4.59. The zero-order chi connectivity index (χ0) is 17.3. The molecule has 1 amide bonds. The van der Waals surface area contributed by atoms with Gasteiger partial charge in [0.25, 0.3) is 5.91 Å². The van der Waals surface area contributed by atoms with Gasteiger partial charge in [-0.15, -0.1) is 0 Å². The predicted molar refractivity (Wildman–Crippen MR) is 93.0 cm³/mol. The summed E-state index contributed by atoms with van der Waals surface area (Å²) in [4.78, 5) is 21.4. The lowest BCUT2D eigenvalue weighted by molar-refractivity contribution is 0.0955. The summed E-state index contributed by atoms with van der Waals surface area (Å²) in [5.74, 6) is 0.762. The van der Waals surface area contributed by atoms with Crippen molar-refractivity contribution in [1.29, 1.82) is 0 Å². The monoisotopic (exact) mass is 323 g/mol. The van der Waals surface area contributed by atoms with Crippen LogP contribution in [-0.4, -0.2) is 32.2 Å². The fourth-order valence-corrected chi connectivity index (χ4v) is 3.00. The Bertz CT molecular complexity index is 908. The van der Waals surface area contributed by atoms with Crippen molar-refractivity contribution < 1.29 is 4.79 Å². The van der Waals surface area contributed by atoms with E-state index in [1.165, 1.54) is 6.33 Å². The number of pyridine rings is 1. The van der Waals surface area contributed by atoms with Gasteiger partial charge in [0, 0.05) is 31.1 Å². The second kappa shape index (κ2) is 6.39. The molecule has 0 unspecified atom stereocenters. The van der Waals surface area contributed by atoms with Crippen molar-refractivity contribution in [1.82, 2.24) is 25.1 Å². The Labute approximate surface area is 140 Å². The third-order valence-electron chi connectivity index (χ3n) is 4.06. The van der Waals surface area contributed by atoms with Crippen LogP contribution >= 0.6 is 0 Å². The smallest absolute Gasteiger partial charge is 0.252 e. The Morgan fingerprint density at radius 1 is 1.21 bits per heavy atom. The molecule has 0 fully saturated rings. The Hall–Kier alpha value is -2.76. The minimum atomic E-state index is -0.0837. The Morgan fingerprint density at radius 2 is 2.00 bits per heavy atom. The predicted octanol–water partition coefficient (Wildman–Crippen LogP) is 2.26. The maximum atomic E-state index is 12.7. The topological polar surface area (TPSA) is 72.7 Å². The number of aromatic nitrogens is 4. The van der Waals surface area contributed by atoms with Crippen LogP contribution in [0.25, 0.3) is 10.9 Å². The van der Waals surface area contributed by atoms with Crippen LogP contribution in [0.4, 0.5) is 0 Å². The van der Waals surface area contributed by atoms with Crippen LogP contribution in [0, 0.1) is 20.8 Å². The molecule has 1 N–H and O–H groups in total. The molecule has 0 saturated carbocycles. The number of nitrogens with one attached hydrogen (secondary N) is 1. The van der Waals surface area contributed by atoms with Crippen LogP contribution < -0.4 is 5.32 Å². The zero-order valence-electron chi connectivity index (χ0n) is 14.4. The standard InChI is InChI=1S/C18H21N5O/c1-11-7-12(2)17-14(9-13(3)22-15(17)8-11)18(24)19-6-5-16-20-10-21-23(16)4/h7-10H,5-6H2,1-4H3,(H,19,24). The molecule has 2 aromatic heterocycles. The molecule has 124 valence electrons. The molecule has 6 nitrogen and oxygen atoms in total. The molecule has 24 heavy (non-hydrogen) atoms. The highest BCUT2D eigenvalue weighted by Crippen LogP contribution is 2.24. The number of fused-ring (bicyclic) bond motifs is 1. The van der Waals surface area contributed by atoms with Crippen LogP contribution in [0.3, 0.4) is 0 Å². The summed E-state index contributed by atoms with van der Waals surface area (Å²) >= 11 is 0. The van der Waals surface area contributed by atoms with Gasteiger partial charge in [-0.2, -0.15) is 5.10 Å². The molecule has 6 heteroatoms. The molecule has 0 radical (unpaired) electrons. The van der Waals surface area contributed by atoms with Crippen molar-refractivity contribution in [3.05, 3.63) is 52.7 Å². The van der Waals surface area contributed by atoms with Crippen LogP contribution in [0.1, 0.15) is 33.0 Å². The van der Waals surface area contributed by atoms with Crippen molar-refractivity contribution >= 4 is 16.8 Å². The fraction of sp³-hybridized carbons (Fsp3) is 0.333. The van der Waals surface area contributed by atoms with Gasteiger partial charge >= 0.3 is 0 Å². The lowest BCUT2D eigenvalue weighted by Crippen LogP contribution is -2.27. The van der Waals surface area contributed by atoms with E-state index in [0.29, 0.717) is 18.5 Å². The van der Waals surface area contributed by atoms with Crippen molar-refractivity contribution in [2.24, 2.45) is 7.05 Å². The van der Waals surface area contributed by atoms with E-state index in [1.807, 2.05) is 40.0 Å². The lowest BCUT2D eigenvalue weighted by Gasteiger charge is -2.12. The third-order valence-corrected chi connectivity index (χ3v) is 4.06. The summed E-state index contributed by atoms with van der Waals surface area (Å²) in [6, 6.07) is 5.95. The van der Waals surface area contributed by atoms with E-state index in [0.717, 1.165) is 33.5 Å². The van der Waals surface area contributed by atoms with Crippen molar-refractivity contribution in [3.8, 4) is 0 Å². The van der Waals surface area contributed by atoms with Gasteiger partial charge in [0.2, 0.25) is 0 Å². The number of amides is 1. The molecule has 0 saturated heterocycles. The Morgan fingerprint density at radius 3 is 2.71 bits per heavy atom. The first-order valence-electron chi connectivity index (χ1n) is 7.95. The maximum Gasteiger partial charge on any atom is 0.252 e. The average molecular weight is 323 g/mol. The quantitative estimate of drug-likeness (QED) is 0.799. The second-order valence-corrected chi connectivity index (χ2v) is 6.09. The van der Waals surface area contributed by atoms with Crippen molar-refractivity contribution in [2.75, 3.05) is 6.54 Å². The van der Waals surface area contributed by atoms with E-state index in [-0.39, 0.29) is 5.91 Å². The van der Waals surface area contributed by atoms with E-state index in [2.05, 4.69) is 26.4 Å². The summed E-state index contributed by atoms with van der Waals surface area (Å²) in [6.45, 7) is 6.48. The van der Waals surface area contributed by atoms with E-state index < -0.39 is 0 Å². The molecule has 0 bridgehead atoms. The van der Waals surface area contributed by atoms with Gasteiger partial charge in [0.05, 0.1) is 11.1 Å². The number of benzene rings is 1. The molecule has 0 aliphatic rings. The average Bonchev–Trinajstić information content (AvgIpc) is 2.91. The number of carbonyl (C=O) groups is 1. The van der Waals surface area contributed by atoms with Crippen molar-refractivity contribution in [2.45, 2.75) is 27.2 Å². The van der Waals surface area contributed by atoms with Gasteiger partial charge in [-0.1, -0.05) is 6.07 Å². The number of hydrogen-bond acceptors (Lipinski definition) is 4. The molecular weight excluding hydrogens is 302 g/mol. The number of aryl methyl sites for hydroxylation is 4. The third kappa shape index (κ3) is 3.13. The number of hydrogen-bond donors (Lipinski definition) is 1. The first kappa shape index (κ1) is 16.1. The number of rotatable bonds is 4. The minimum absolute atomic E-state index is 0.0837. The molecule has 0 atom stereocenters. The highest BCUT2D eigenvalue weighted by molar-refractivity contribution is 6.07. The molecule has 0 aliphatic heterocycles. The summed E-state index contributed by atoms with van der Waals surface area (Å²) in [5, 5.41) is 7.93. The van der Waals surface area contributed by atoms with Gasteiger partial charge in [0.15, 0.2) is 0 Å². The SMILES string of the molecule is Cc1cc(C)c2c(C(=O)NCCc3ncnn3C)cc(C)nc2c1. The van der Waals surface area contributed by atoms with Crippen LogP contribution in [0.15, 0.2) is 24.5 Å². The van der Waals surface area contributed by atoms with Gasteiger partial charge < -0.3 is 5.32 Å². The van der Waals surface area contributed by atoms with E-state index in [1.54, 1.807) is 4.68 Å². The van der Waals surface area contributed by atoms with Crippen molar-refractivity contribution in [3.63, 3.8) is 0 Å². The molecule has 1 aromatic carbocycles. The molecule has 3 rings (SSSR count). The largest absolute Gasteiger partial charge is 0.352 e. The molecular formula is C18H21N5O. The van der Waals surface area contributed by atoms with Crippen LogP contribution in [0.5, 0.6) is 0 Å². The summed E-state index contributed by atoms with van der Waals surface area (Å²) in [7, 11) is 1.84. The highest BCUT2D eigenvalue weighted by atomic mass is 16.1. The molecule has 0 spiro atoms. The van der Waals surface area contributed by atoms with Crippen LogP contribution in [-0.2, 0) is 13.5 Å². The maximum absolute atomic E-state index is 12.7. The van der Waals surface area contributed by atoms with Gasteiger partial charge in [0.1, 0.15) is 12.2 Å². The molecule has 3 aromatic rings. The second-order valence-electron chi connectivity index (χ2n) is 6.09. The van der Waals surface area contributed by atoms with Gasteiger partial charge in [-0.25, -0.2) is 4.98 Å². The normalized spacial score (nSPS) is 11.0.